The molecule has 1 aromatic carbocycles. The Balaban J connectivity index is 2.03. The number of aromatic amines is 1. The Bertz CT molecular complexity index is 886. The quantitative estimate of drug-likeness (QED) is 0.569. The zero-order valence-corrected chi connectivity index (χ0v) is 13.4. The number of aromatic nitrogens is 4. The molecule has 0 radical (unpaired) electrons. The van der Waals surface area contributed by atoms with Gasteiger partial charge in [-0.15, -0.1) is 0 Å². The predicted molar refractivity (Wildman–Crippen MR) is 90.1 cm³/mol. The van der Waals surface area contributed by atoms with Crippen molar-refractivity contribution in [1.82, 2.24) is 19.9 Å². The minimum Gasteiger partial charge on any atom is -0.265 e. The van der Waals surface area contributed by atoms with Gasteiger partial charge in [0.25, 0.3) is 0 Å². The first-order valence-corrected chi connectivity index (χ1v) is 7.39. The second-order valence-electron chi connectivity index (χ2n) is 4.29. The van der Waals surface area contributed by atoms with Gasteiger partial charge in [0.2, 0.25) is 4.77 Å². The van der Waals surface area contributed by atoms with E-state index >= 15 is 0 Å². The van der Waals surface area contributed by atoms with Crippen molar-refractivity contribution in [3.63, 3.8) is 0 Å². The van der Waals surface area contributed by atoms with E-state index < -0.39 is 0 Å². The summed E-state index contributed by atoms with van der Waals surface area (Å²) in [6, 6.07) is 8.97. The summed E-state index contributed by atoms with van der Waals surface area (Å²) in [6.07, 6.45) is 4.94. The highest BCUT2D eigenvalue weighted by atomic mass is 35.5. The van der Waals surface area contributed by atoms with E-state index in [1.54, 1.807) is 30.7 Å². The number of halogens is 2. The van der Waals surface area contributed by atoms with Crippen molar-refractivity contribution in [2.24, 2.45) is 5.10 Å². The van der Waals surface area contributed by atoms with E-state index in [9.17, 15) is 0 Å². The zero-order valence-electron chi connectivity index (χ0n) is 11.1. The van der Waals surface area contributed by atoms with Gasteiger partial charge in [-0.05, 0) is 30.4 Å². The van der Waals surface area contributed by atoms with Crippen LogP contribution in [0.25, 0.3) is 11.4 Å². The lowest BCUT2D eigenvalue weighted by Gasteiger charge is -2.02. The molecule has 110 valence electrons. The van der Waals surface area contributed by atoms with Gasteiger partial charge in [0.05, 0.1) is 16.3 Å². The average Bonchev–Trinajstić information content (AvgIpc) is 2.91. The SMILES string of the molecule is S=c1[nH]nc(-c2ccncc2)n1N=Cc1cccc(Cl)c1Cl. The molecule has 22 heavy (non-hydrogen) atoms. The molecule has 5 nitrogen and oxygen atoms in total. The van der Waals surface area contributed by atoms with Gasteiger partial charge < -0.3 is 0 Å². The third-order valence-corrected chi connectivity index (χ3v) is 3.98. The van der Waals surface area contributed by atoms with E-state index in [1.165, 1.54) is 4.68 Å². The topological polar surface area (TPSA) is 58.9 Å². The van der Waals surface area contributed by atoms with E-state index in [1.807, 2.05) is 18.2 Å². The van der Waals surface area contributed by atoms with Crippen molar-refractivity contribution in [1.29, 1.82) is 0 Å². The van der Waals surface area contributed by atoms with Gasteiger partial charge in [-0.3, -0.25) is 4.98 Å². The molecular formula is C14H9Cl2N5S. The average molecular weight is 350 g/mol. The highest BCUT2D eigenvalue weighted by Crippen LogP contribution is 2.24. The summed E-state index contributed by atoms with van der Waals surface area (Å²) in [5.74, 6) is 0.585. The van der Waals surface area contributed by atoms with E-state index in [0.29, 0.717) is 26.2 Å². The molecular weight excluding hydrogens is 341 g/mol. The van der Waals surface area contributed by atoms with Gasteiger partial charge in [0.15, 0.2) is 5.82 Å². The predicted octanol–water partition coefficient (Wildman–Crippen LogP) is 4.19. The van der Waals surface area contributed by atoms with Gasteiger partial charge in [0, 0.05) is 23.5 Å². The minimum absolute atomic E-state index is 0.376. The van der Waals surface area contributed by atoms with Gasteiger partial charge in [0.1, 0.15) is 0 Å². The number of hydrogen-bond donors (Lipinski definition) is 1. The summed E-state index contributed by atoms with van der Waals surface area (Å²) < 4.78 is 1.89. The lowest BCUT2D eigenvalue weighted by molar-refractivity contribution is 0.871. The van der Waals surface area contributed by atoms with Crippen molar-refractivity contribution >= 4 is 41.6 Å². The Morgan fingerprint density at radius 1 is 1.18 bits per heavy atom. The lowest BCUT2D eigenvalue weighted by Crippen LogP contribution is -1.95. The van der Waals surface area contributed by atoms with Crippen LogP contribution < -0.4 is 0 Å². The molecule has 1 N–H and O–H groups in total. The Morgan fingerprint density at radius 3 is 2.73 bits per heavy atom. The molecule has 0 saturated heterocycles. The summed E-state index contributed by atoms with van der Waals surface area (Å²) in [4.78, 5) is 3.98. The lowest BCUT2D eigenvalue weighted by atomic mass is 10.2. The number of pyridine rings is 1. The van der Waals surface area contributed by atoms with Crippen LogP contribution in [-0.4, -0.2) is 26.1 Å². The second kappa shape index (κ2) is 6.39. The smallest absolute Gasteiger partial charge is 0.216 e. The van der Waals surface area contributed by atoms with Crippen LogP contribution in [0.15, 0.2) is 47.8 Å². The van der Waals surface area contributed by atoms with Crippen LogP contribution in [0.1, 0.15) is 5.56 Å². The first kappa shape index (κ1) is 14.9. The molecule has 0 aliphatic heterocycles. The van der Waals surface area contributed by atoms with E-state index in [4.69, 9.17) is 35.4 Å². The van der Waals surface area contributed by atoms with Crippen molar-refractivity contribution in [3.8, 4) is 11.4 Å². The summed E-state index contributed by atoms with van der Waals surface area (Å²) >= 11 is 17.3. The van der Waals surface area contributed by atoms with Crippen LogP contribution in [0.4, 0.5) is 0 Å². The minimum atomic E-state index is 0.376. The van der Waals surface area contributed by atoms with Crippen molar-refractivity contribution in [3.05, 3.63) is 63.1 Å². The fourth-order valence-electron chi connectivity index (χ4n) is 1.83. The summed E-state index contributed by atoms with van der Waals surface area (Å²) in [5, 5.41) is 12.2. The Morgan fingerprint density at radius 2 is 1.95 bits per heavy atom. The summed E-state index contributed by atoms with van der Waals surface area (Å²) in [5.41, 5.74) is 1.54. The first-order chi connectivity index (χ1) is 10.7. The number of benzene rings is 1. The van der Waals surface area contributed by atoms with Crippen LogP contribution >= 0.6 is 35.4 Å². The maximum atomic E-state index is 6.14. The summed E-state index contributed by atoms with van der Waals surface area (Å²) in [6.45, 7) is 0. The fraction of sp³-hybridized carbons (Fsp3) is 0. The highest BCUT2D eigenvalue weighted by molar-refractivity contribution is 7.71. The Hall–Kier alpha value is -2.02. The molecule has 0 amide bonds. The molecule has 8 heteroatoms. The third kappa shape index (κ3) is 2.94. The largest absolute Gasteiger partial charge is 0.265 e. The van der Waals surface area contributed by atoms with Crippen molar-refractivity contribution in [2.45, 2.75) is 0 Å². The monoisotopic (exact) mass is 349 g/mol. The molecule has 0 unspecified atom stereocenters. The van der Waals surface area contributed by atoms with Crippen LogP contribution in [0.2, 0.25) is 10.0 Å². The van der Waals surface area contributed by atoms with Gasteiger partial charge in [-0.25, -0.2) is 5.10 Å². The van der Waals surface area contributed by atoms with E-state index in [0.717, 1.165) is 5.56 Å². The normalized spacial score (nSPS) is 11.2. The number of H-pyrrole nitrogens is 1. The van der Waals surface area contributed by atoms with E-state index in [-0.39, 0.29) is 0 Å². The van der Waals surface area contributed by atoms with Crippen LogP contribution in [0.5, 0.6) is 0 Å². The molecule has 3 aromatic rings. The number of rotatable bonds is 3. The van der Waals surface area contributed by atoms with Crippen LogP contribution in [-0.2, 0) is 0 Å². The Kier molecular flexibility index (Phi) is 4.33. The molecule has 0 saturated carbocycles. The van der Waals surface area contributed by atoms with E-state index in [2.05, 4.69) is 20.3 Å². The molecule has 0 atom stereocenters. The standard InChI is InChI=1S/C14H9Cl2N5S/c15-11-3-1-2-10(12(11)16)8-18-21-13(19-20-14(21)22)9-4-6-17-7-5-9/h1-8H,(H,20,22). The molecule has 2 heterocycles. The highest BCUT2D eigenvalue weighted by Gasteiger charge is 2.08. The van der Waals surface area contributed by atoms with Crippen molar-refractivity contribution in [2.75, 3.05) is 0 Å². The molecule has 2 aromatic heterocycles. The first-order valence-electron chi connectivity index (χ1n) is 6.23. The maximum absolute atomic E-state index is 6.14. The van der Waals surface area contributed by atoms with Gasteiger partial charge >= 0.3 is 0 Å². The number of hydrogen-bond acceptors (Lipinski definition) is 4. The second-order valence-corrected chi connectivity index (χ2v) is 5.46. The molecule has 0 spiro atoms. The molecule has 0 fully saturated rings. The van der Waals surface area contributed by atoms with Gasteiger partial charge in [-0.1, -0.05) is 35.3 Å². The molecule has 3 rings (SSSR count). The number of nitrogens with zero attached hydrogens (tertiary/aromatic N) is 4. The third-order valence-electron chi connectivity index (χ3n) is 2.88. The van der Waals surface area contributed by atoms with Crippen LogP contribution in [0, 0.1) is 4.77 Å². The molecule has 0 aliphatic carbocycles. The zero-order chi connectivity index (χ0) is 15.5. The molecule has 0 aliphatic rings. The Labute approximate surface area is 141 Å². The van der Waals surface area contributed by atoms with Crippen molar-refractivity contribution < 1.29 is 0 Å². The molecule has 0 bridgehead atoms. The summed E-state index contributed by atoms with van der Waals surface area (Å²) in [7, 11) is 0. The van der Waals surface area contributed by atoms with Gasteiger partial charge in [-0.2, -0.15) is 14.9 Å². The fourth-order valence-corrected chi connectivity index (χ4v) is 2.36. The van der Waals surface area contributed by atoms with Crippen LogP contribution in [0.3, 0.4) is 0 Å². The number of nitrogens with one attached hydrogen (secondary N) is 1. The maximum Gasteiger partial charge on any atom is 0.216 e.